The van der Waals surface area contributed by atoms with Crippen molar-refractivity contribution in [3.05, 3.63) is 194 Å². The van der Waals surface area contributed by atoms with Gasteiger partial charge in [0.25, 0.3) is 0 Å². The molecule has 0 saturated heterocycles. The zero-order valence-electron chi connectivity index (χ0n) is 30.3. The molecule has 0 bridgehead atoms. The minimum Gasteiger partial charge on any atom is -0.307 e. The molecule has 0 N–H and O–H groups in total. The van der Waals surface area contributed by atoms with E-state index in [1.54, 1.807) is 0 Å². The largest absolute Gasteiger partial charge is 0.307 e. The molecule has 0 aliphatic rings. The Balaban J connectivity index is 1.31. The molecule has 0 radical (unpaired) electrons. The van der Waals surface area contributed by atoms with Crippen molar-refractivity contribution in [1.82, 2.24) is 19.1 Å². The highest BCUT2D eigenvalue weighted by molar-refractivity contribution is 6.25. The molecular formula is C52H32N4. The molecule has 0 atom stereocenters. The molecule has 3 heterocycles. The first-order valence-corrected chi connectivity index (χ1v) is 19.1. The van der Waals surface area contributed by atoms with E-state index >= 15 is 0 Å². The highest BCUT2D eigenvalue weighted by atomic mass is 15.1. The van der Waals surface area contributed by atoms with Crippen LogP contribution in [0.15, 0.2) is 194 Å². The molecule has 12 rings (SSSR count). The molecule has 0 amide bonds. The van der Waals surface area contributed by atoms with E-state index in [4.69, 9.17) is 9.97 Å². The number of nitrogens with zero attached hydrogens (tertiary/aromatic N) is 4. The SMILES string of the molecule is c1ccc(-c2cccc(-c3nc4c5ccccc5c5ccccc5c4nc3-n3c4ccccc4c4ccc5c6ccccc6n(-c6ccccc6)c5c43)c2)cc1. The summed E-state index contributed by atoms with van der Waals surface area (Å²) in [6.45, 7) is 0. The summed E-state index contributed by atoms with van der Waals surface area (Å²) in [6.07, 6.45) is 0. The fourth-order valence-corrected chi connectivity index (χ4v) is 9.04. The Kier molecular flexibility index (Phi) is 6.60. The van der Waals surface area contributed by atoms with Crippen LogP contribution in [-0.2, 0) is 0 Å². The van der Waals surface area contributed by atoms with Crippen LogP contribution in [0.3, 0.4) is 0 Å². The van der Waals surface area contributed by atoms with Crippen molar-refractivity contribution in [3.63, 3.8) is 0 Å². The molecule has 0 fully saturated rings. The van der Waals surface area contributed by atoms with E-state index in [9.17, 15) is 0 Å². The van der Waals surface area contributed by atoms with Gasteiger partial charge in [0, 0.05) is 43.6 Å². The maximum absolute atomic E-state index is 5.83. The van der Waals surface area contributed by atoms with Gasteiger partial charge in [-0.25, -0.2) is 9.97 Å². The Hall–Kier alpha value is -7.56. The first-order chi connectivity index (χ1) is 27.8. The molecule has 0 saturated carbocycles. The first kappa shape index (κ1) is 30.9. The monoisotopic (exact) mass is 712 g/mol. The fraction of sp³-hybridized carbons (Fsp3) is 0. The van der Waals surface area contributed by atoms with Gasteiger partial charge in [0.1, 0.15) is 5.69 Å². The number of fused-ring (bicyclic) bond motifs is 13. The summed E-state index contributed by atoms with van der Waals surface area (Å²) in [5.41, 5.74) is 11.5. The second-order valence-electron chi connectivity index (χ2n) is 14.5. The minimum atomic E-state index is 0.798. The van der Waals surface area contributed by atoms with E-state index in [2.05, 4.69) is 203 Å². The molecule has 3 aromatic heterocycles. The van der Waals surface area contributed by atoms with Gasteiger partial charge in [-0.1, -0.05) is 164 Å². The molecule has 4 nitrogen and oxygen atoms in total. The lowest BCUT2D eigenvalue weighted by atomic mass is 9.98. The van der Waals surface area contributed by atoms with E-state index in [1.807, 2.05) is 0 Å². The Morgan fingerprint density at radius 2 is 0.768 bits per heavy atom. The van der Waals surface area contributed by atoms with Gasteiger partial charge < -0.3 is 4.57 Å². The topological polar surface area (TPSA) is 35.6 Å². The normalized spacial score (nSPS) is 11.9. The highest BCUT2D eigenvalue weighted by Gasteiger charge is 2.25. The van der Waals surface area contributed by atoms with Crippen LogP contribution in [0.1, 0.15) is 0 Å². The van der Waals surface area contributed by atoms with Crippen LogP contribution >= 0.6 is 0 Å². The Labute approximate surface area is 322 Å². The van der Waals surface area contributed by atoms with Crippen molar-refractivity contribution in [2.45, 2.75) is 0 Å². The molecule has 0 aliphatic carbocycles. The quantitative estimate of drug-likeness (QED) is 0.170. The van der Waals surface area contributed by atoms with Crippen LogP contribution in [0.5, 0.6) is 0 Å². The number of aromatic nitrogens is 4. The van der Waals surface area contributed by atoms with Gasteiger partial charge in [-0.15, -0.1) is 0 Å². The lowest BCUT2D eigenvalue weighted by Gasteiger charge is -2.17. The van der Waals surface area contributed by atoms with E-state index < -0.39 is 0 Å². The molecule has 56 heavy (non-hydrogen) atoms. The maximum atomic E-state index is 5.83. The molecule has 0 unspecified atom stereocenters. The summed E-state index contributed by atoms with van der Waals surface area (Å²) in [5, 5.41) is 9.27. The molecule has 0 spiro atoms. The zero-order valence-corrected chi connectivity index (χ0v) is 30.3. The van der Waals surface area contributed by atoms with Crippen LogP contribution in [-0.4, -0.2) is 19.1 Å². The molecule has 9 aromatic carbocycles. The summed E-state index contributed by atoms with van der Waals surface area (Å²) < 4.78 is 4.82. The highest BCUT2D eigenvalue weighted by Crippen LogP contribution is 2.44. The van der Waals surface area contributed by atoms with Crippen molar-refractivity contribution in [3.8, 4) is 33.9 Å². The number of hydrogen-bond donors (Lipinski definition) is 0. The van der Waals surface area contributed by atoms with Gasteiger partial charge >= 0.3 is 0 Å². The lowest BCUT2D eigenvalue weighted by molar-refractivity contribution is 1.08. The van der Waals surface area contributed by atoms with E-state index in [0.717, 1.165) is 77.8 Å². The fourth-order valence-electron chi connectivity index (χ4n) is 9.04. The van der Waals surface area contributed by atoms with Crippen molar-refractivity contribution in [2.24, 2.45) is 0 Å². The summed E-state index contributed by atoms with van der Waals surface area (Å²) in [7, 11) is 0. The smallest absolute Gasteiger partial charge is 0.165 e. The molecule has 12 aromatic rings. The van der Waals surface area contributed by atoms with Gasteiger partial charge in [0.05, 0.1) is 33.1 Å². The van der Waals surface area contributed by atoms with Gasteiger partial charge in [0.2, 0.25) is 0 Å². The second kappa shape index (κ2) is 12.0. The van der Waals surface area contributed by atoms with Crippen molar-refractivity contribution >= 4 is 76.2 Å². The standard InChI is InChI=1S/C52H32N4/c1-3-16-33(17-4-1)34-18-15-19-35(32-34)47-52(54-49-42-27-10-8-23-38(42)37-22-7-9-26-41(37)48(49)53-47)56-46-29-14-12-25-40(46)44-31-30-43-39-24-11-13-28-45(39)55(50(43)51(44)56)36-20-5-2-6-21-36/h1-32H. The Morgan fingerprint density at radius 1 is 0.304 bits per heavy atom. The van der Waals surface area contributed by atoms with Crippen molar-refractivity contribution in [2.75, 3.05) is 0 Å². The number of benzene rings is 9. The van der Waals surface area contributed by atoms with Crippen LogP contribution in [0.2, 0.25) is 0 Å². The van der Waals surface area contributed by atoms with E-state index in [0.29, 0.717) is 0 Å². The summed E-state index contributed by atoms with van der Waals surface area (Å²) in [4.78, 5) is 11.6. The van der Waals surface area contributed by atoms with E-state index in [1.165, 1.54) is 32.3 Å². The average Bonchev–Trinajstić information content (AvgIpc) is 3.80. The van der Waals surface area contributed by atoms with Gasteiger partial charge in [-0.3, -0.25) is 4.57 Å². The number of hydrogen-bond acceptors (Lipinski definition) is 2. The molecule has 260 valence electrons. The maximum Gasteiger partial charge on any atom is 0.165 e. The predicted octanol–water partition coefficient (Wildman–Crippen LogP) is 13.5. The Morgan fingerprint density at radius 3 is 1.41 bits per heavy atom. The third-order valence-electron chi connectivity index (χ3n) is 11.5. The lowest BCUT2D eigenvalue weighted by Crippen LogP contribution is -2.05. The molecule has 4 heteroatoms. The second-order valence-corrected chi connectivity index (χ2v) is 14.5. The van der Waals surface area contributed by atoms with Crippen LogP contribution in [0, 0.1) is 0 Å². The number of rotatable bonds is 4. The van der Waals surface area contributed by atoms with Gasteiger partial charge in [-0.05, 0) is 52.2 Å². The van der Waals surface area contributed by atoms with Crippen molar-refractivity contribution in [1.29, 1.82) is 0 Å². The third-order valence-corrected chi connectivity index (χ3v) is 11.5. The minimum absolute atomic E-state index is 0.798. The van der Waals surface area contributed by atoms with Crippen LogP contribution < -0.4 is 0 Å². The van der Waals surface area contributed by atoms with Crippen LogP contribution in [0.4, 0.5) is 0 Å². The first-order valence-electron chi connectivity index (χ1n) is 19.1. The third kappa shape index (κ3) is 4.41. The number of para-hydroxylation sites is 3. The summed E-state index contributed by atoms with van der Waals surface area (Å²) in [5.74, 6) is 0.798. The van der Waals surface area contributed by atoms with Crippen LogP contribution in [0.25, 0.3) is 110 Å². The summed E-state index contributed by atoms with van der Waals surface area (Å²) in [6, 6.07) is 69.4. The Bertz CT molecular complexity index is 3520. The van der Waals surface area contributed by atoms with Crippen molar-refractivity contribution < 1.29 is 0 Å². The summed E-state index contributed by atoms with van der Waals surface area (Å²) >= 11 is 0. The molecule has 0 aliphatic heterocycles. The van der Waals surface area contributed by atoms with Gasteiger partial charge in [0.15, 0.2) is 5.82 Å². The van der Waals surface area contributed by atoms with E-state index in [-0.39, 0.29) is 0 Å². The predicted molar refractivity (Wildman–Crippen MR) is 234 cm³/mol. The van der Waals surface area contributed by atoms with Gasteiger partial charge in [-0.2, -0.15) is 0 Å². The average molecular weight is 713 g/mol. The molecular weight excluding hydrogens is 681 g/mol. The zero-order chi connectivity index (χ0) is 36.7.